The van der Waals surface area contributed by atoms with Crippen LogP contribution in [0, 0.1) is 0 Å². The van der Waals surface area contributed by atoms with Crippen molar-refractivity contribution in [2.75, 3.05) is 7.11 Å². The highest BCUT2D eigenvalue weighted by atomic mass is 79.9. The lowest BCUT2D eigenvalue weighted by atomic mass is 9.86. The first kappa shape index (κ1) is 18.3. The molecule has 132 valence electrons. The van der Waals surface area contributed by atoms with Crippen molar-refractivity contribution in [3.05, 3.63) is 22.3 Å². The van der Waals surface area contributed by atoms with Gasteiger partial charge in [0.15, 0.2) is 6.10 Å². The molecule has 2 N–H and O–H groups in total. The molecule has 0 unspecified atom stereocenters. The maximum absolute atomic E-state index is 13.2. The zero-order valence-electron chi connectivity index (χ0n) is 12.5. The maximum atomic E-state index is 13.2. The smallest absolute Gasteiger partial charge is 0.425 e. The molecule has 0 fully saturated rings. The van der Waals surface area contributed by atoms with E-state index in [1.165, 1.54) is 26.3 Å². The van der Waals surface area contributed by atoms with Crippen molar-refractivity contribution < 1.29 is 32.5 Å². The number of aliphatic imine (C=N–C) groups is 1. The van der Waals surface area contributed by atoms with Crippen LogP contribution in [0.3, 0.4) is 0 Å². The van der Waals surface area contributed by atoms with E-state index in [4.69, 9.17) is 9.84 Å². The number of amides is 1. The second-order valence-electron chi connectivity index (χ2n) is 5.18. The Morgan fingerprint density at radius 1 is 1.58 bits per heavy atom. The summed E-state index contributed by atoms with van der Waals surface area (Å²) in [5, 5.41) is 10.5. The monoisotopic (exact) mass is 411 g/mol. The number of aromatic nitrogens is 1. The van der Waals surface area contributed by atoms with E-state index < -0.39 is 36.4 Å². The average molecular weight is 412 g/mol. The quantitative estimate of drug-likeness (QED) is 0.779. The number of pyridine rings is 1. The Bertz CT molecular complexity index is 683. The molecule has 1 aliphatic rings. The van der Waals surface area contributed by atoms with Crippen LogP contribution in [0.5, 0.6) is 5.88 Å². The summed E-state index contributed by atoms with van der Waals surface area (Å²) in [6.07, 6.45) is -7.65. The second kappa shape index (κ2) is 6.46. The van der Waals surface area contributed by atoms with Gasteiger partial charge < -0.3 is 14.6 Å². The van der Waals surface area contributed by atoms with Gasteiger partial charge in [0, 0.05) is 22.7 Å². The minimum Gasteiger partial charge on any atom is -0.481 e. The van der Waals surface area contributed by atoms with Crippen molar-refractivity contribution in [3.8, 4) is 5.88 Å². The van der Waals surface area contributed by atoms with Gasteiger partial charge in [0.1, 0.15) is 0 Å². The number of hydrogen-bond donors (Lipinski definition) is 2. The predicted molar refractivity (Wildman–Crippen MR) is 80.0 cm³/mol. The third kappa shape index (κ3) is 3.89. The third-order valence-corrected chi connectivity index (χ3v) is 3.79. The zero-order valence-corrected chi connectivity index (χ0v) is 14.1. The molecule has 1 amide bonds. The number of amidine groups is 1. The number of methoxy groups -OCH3 is 1. The highest BCUT2D eigenvalue weighted by Gasteiger charge is 2.50. The Labute approximate surface area is 143 Å². The van der Waals surface area contributed by atoms with E-state index in [0.717, 1.165) is 0 Å². The molecule has 2 heterocycles. The van der Waals surface area contributed by atoms with E-state index in [-0.39, 0.29) is 11.4 Å². The van der Waals surface area contributed by atoms with Crippen molar-refractivity contribution in [3.63, 3.8) is 0 Å². The molecule has 1 aliphatic heterocycles. The largest absolute Gasteiger partial charge is 0.481 e. The minimum atomic E-state index is -4.70. The highest BCUT2D eigenvalue weighted by molar-refractivity contribution is 9.10. The molecule has 7 nitrogen and oxygen atoms in total. The molecular weight excluding hydrogens is 399 g/mol. The van der Waals surface area contributed by atoms with Crippen LogP contribution in [0.1, 0.15) is 18.9 Å². The van der Waals surface area contributed by atoms with E-state index in [9.17, 15) is 18.0 Å². The number of carbonyl (C=O) groups is 1. The molecule has 0 saturated carbocycles. The normalized spacial score (nSPS) is 23.9. The van der Waals surface area contributed by atoms with Gasteiger partial charge in [-0.25, -0.2) is 20.1 Å². The molecule has 0 aliphatic carbocycles. The van der Waals surface area contributed by atoms with E-state index in [0.29, 0.717) is 4.47 Å². The van der Waals surface area contributed by atoms with Gasteiger partial charge in [-0.15, -0.1) is 0 Å². The lowest BCUT2D eigenvalue weighted by molar-refractivity contribution is -0.208. The van der Waals surface area contributed by atoms with Crippen LogP contribution in [0.25, 0.3) is 0 Å². The molecule has 0 aromatic carbocycles. The van der Waals surface area contributed by atoms with Crippen molar-refractivity contribution in [2.24, 2.45) is 4.99 Å². The first-order valence-corrected chi connectivity index (χ1v) is 7.37. The number of nitrogens with zero attached hydrogens (tertiary/aromatic N) is 2. The summed E-state index contributed by atoms with van der Waals surface area (Å²) in [4.78, 5) is 18.7. The zero-order chi connectivity index (χ0) is 18.1. The lowest BCUT2D eigenvalue weighted by Gasteiger charge is -2.36. The van der Waals surface area contributed by atoms with Gasteiger partial charge in [-0.3, -0.25) is 0 Å². The number of carboxylic acid groups (broad SMARTS) is 1. The molecule has 11 heteroatoms. The Morgan fingerprint density at radius 3 is 2.79 bits per heavy atom. The summed E-state index contributed by atoms with van der Waals surface area (Å²) in [6, 6.07) is 0.785. The highest BCUT2D eigenvalue weighted by Crippen LogP contribution is 2.43. The Kier molecular flexibility index (Phi) is 4.92. The first-order chi connectivity index (χ1) is 11.0. The van der Waals surface area contributed by atoms with E-state index >= 15 is 0 Å². The van der Waals surface area contributed by atoms with E-state index in [1.807, 2.05) is 0 Å². The number of nitrogens with one attached hydrogen (secondary N) is 1. The standard InChI is InChI=1S/C13H13BrF3N3O4/c1-12(7-3-6(14)5-18-9(7)23-2)4-8(13(15,16)17)24-10(20-12)19-11(21)22/h3,5,8H,4H2,1-2H3,(H,19,20)(H,21,22)/t8-,12-/m0/s1. The van der Waals surface area contributed by atoms with Crippen molar-refractivity contribution >= 4 is 28.0 Å². The SMILES string of the molecule is COc1ncc(Br)cc1[C@]1(C)C[C@@H](C(F)(F)F)OC(NC(=O)O)=N1. The van der Waals surface area contributed by atoms with Gasteiger partial charge in [0.25, 0.3) is 6.02 Å². The molecule has 0 bridgehead atoms. The van der Waals surface area contributed by atoms with Crippen LogP contribution in [-0.2, 0) is 10.3 Å². The molecule has 0 saturated heterocycles. The van der Waals surface area contributed by atoms with Crippen LogP contribution in [0.15, 0.2) is 21.7 Å². The van der Waals surface area contributed by atoms with E-state index in [1.54, 1.807) is 5.32 Å². The van der Waals surface area contributed by atoms with Gasteiger partial charge in [-0.05, 0) is 28.9 Å². The number of ether oxygens (including phenoxy) is 2. The molecule has 2 atom stereocenters. The summed E-state index contributed by atoms with van der Waals surface area (Å²) >= 11 is 3.20. The predicted octanol–water partition coefficient (Wildman–Crippen LogP) is 3.04. The summed E-state index contributed by atoms with van der Waals surface area (Å²) < 4.78 is 49.7. The molecule has 24 heavy (non-hydrogen) atoms. The molecule has 0 radical (unpaired) electrons. The van der Waals surface area contributed by atoms with Gasteiger partial charge in [-0.1, -0.05) is 0 Å². The number of alkyl halides is 3. The van der Waals surface area contributed by atoms with Crippen LogP contribution in [0.2, 0.25) is 0 Å². The number of hydrogen-bond acceptors (Lipinski definition) is 5. The Balaban J connectivity index is 2.55. The maximum Gasteiger partial charge on any atom is 0.425 e. The average Bonchev–Trinajstić information content (AvgIpc) is 2.45. The van der Waals surface area contributed by atoms with Gasteiger partial charge in [0.05, 0.1) is 12.6 Å². The summed E-state index contributed by atoms with van der Waals surface area (Å²) in [5.74, 6) is 0.0851. The number of halogens is 4. The first-order valence-electron chi connectivity index (χ1n) is 6.58. The summed E-state index contributed by atoms with van der Waals surface area (Å²) in [7, 11) is 1.32. The fourth-order valence-corrected chi connectivity index (χ4v) is 2.64. The van der Waals surface area contributed by atoms with Gasteiger partial charge in [0.2, 0.25) is 5.88 Å². The van der Waals surface area contributed by atoms with E-state index in [2.05, 4.69) is 30.6 Å². The Morgan fingerprint density at radius 2 is 2.25 bits per heavy atom. The van der Waals surface area contributed by atoms with Crippen molar-refractivity contribution in [1.29, 1.82) is 0 Å². The topological polar surface area (TPSA) is 93.0 Å². The van der Waals surface area contributed by atoms with Gasteiger partial charge in [-0.2, -0.15) is 13.2 Å². The minimum absolute atomic E-state index is 0.0851. The molecule has 0 spiro atoms. The van der Waals surface area contributed by atoms with Gasteiger partial charge >= 0.3 is 12.3 Å². The Hall–Kier alpha value is -2.04. The van der Waals surface area contributed by atoms with Crippen LogP contribution in [-0.4, -0.2) is 41.6 Å². The fourth-order valence-electron chi connectivity index (χ4n) is 2.31. The molecule has 1 aromatic heterocycles. The molecule has 1 aromatic rings. The lowest BCUT2D eigenvalue weighted by Crippen LogP contribution is -2.48. The second-order valence-corrected chi connectivity index (χ2v) is 6.10. The van der Waals surface area contributed by atoms with Crippen molar-refractivity contribution in [1.82, 2.24) is 10.3 Å². The third-order valence-electron chi connectivity index (χ3n) is 3.36. The molecular formula is C13H13BrF3N3O4. The number of rotatable bonds is 2. The van der Waals surface area contributed by atoms with Crippen molar-refractivity contribution in [2.45, 2.75) is 31.2 Å². The van der Waals surface area contributed by atoms with Crippen LogP contribution >= 0.6 is 15.9 Å². The molecule has 2 rings (SSSR count). The van der Waals surface area contributed by atoms with Crippen LogP contribution in [0.4, 0.5) is 18.0 Å². The van der Waals surface area contributed by atoms with Crippen LogP contribution < -0.4 is 10.1 Å². The summed E-state index contributed by atoms with van der Waals surface area (Å²) in [5.41, 5.74) is -1.19. The summed E-state index contributed by atoms with van der Waals surface area (Å²) in [6.45, 7) is 1.42. The fraction of sp³-hybridized carbons (Fsp3) is 0.462.